The van der Waals surface area contributed by atoms with Crippen molar-refractivity contribution < 1.29 is 28.1 Å². The van der Waals surface area contributed by atoms with Gasteiger partial charge in [-0.05, 0) is 55.8 Å². The predicted molar refractivity (Wildman–Crippen MR) is 139 cm³/mol. The van der Waals surface area contributed by atoms with Crippen LogP contribution < -0.4 is 29.1 Å². The molecule has 8 nitrogen and oxygen atoms in total. The predicted octanol–water partition coefficient (Wildman–Crippen LogP) is 5.66. The van der Waals surface area contributed by atoms with E-state index in [4.69, 9.17) is 28.1 Å². The first kappa shape index (κ1) is 24.5. The maximum absolute atomic E-state index is 13.5. The van der Waals surface area contributed by atoms with Crippen molar-refractivity contribution in [3.8, 4) is 34.5 Å². The minimum absolute atomic E-state index is 0.138. The van der Waals surface area contributed by atoms with Crippen LogP contribution >= 0.6 is 0 Å². The van der Waals surface area contributed by atoms with E-state index in [0.29, 0.717) is 71.9 Å². The van der Waals surface area contributed by atoms with Gasteiger partial charge in [0, 0.05) is 13.1 Å². The van der Waals surface area contributed by atoms with Gasteiger partial charge in [-0.1, -0.05) is 18.2 Å². The third-order valence-electron chi connectivity index (χ3n) is 6.24. The monoisotopic (exact) mass is 503 g/mol. The van der Waals surface area contributed by atoms with Gasteiger partial charge in [-0.3, -0.25) is 9.69 Å². The Hall–Kier alpha value is -4.17. The third-order valence-corrected chi connectivity index (χ3v) is 6.24. The van der Waals surface area contributed by atoms with Gasteiger partial charge in [0.1, 0.15) is 23.8 Å². The fourth-order valence-corrected chi connectivity index (χ4v) is 4.48. The number of hydrogen-bond acceptors (Lipinski definition) is 8. The SMILES string of the molecule is CCOc1ccccc1Oc1c(C)oc2c3c(ccc2c1=O)OCN(Cc1ccc(OC)c(OC)c1)C3. The molecule has 0 bridgehead atoms. The topological polar surface area (TPSA) is 79.6 Å². The molecule has 1 aromatic heterocycles. The van der Waals surface area contributed by atoms with E-state index in [1.807, 2.05) is 43.3 Å². The highest BCUT2D eigenvalue weighted by atomic mass is 16.5. The van der Waals surface area contributed by atoms with E-state index in [-0.39, 0.29) is 11.2 Å². The Morgan fingerprint density at radius 2 is 1.73 bits per heavy atom. The fraction of sp³-hybridized carbons (Fsp3) is 0.276. The number of ether oxygens (including phenoxy) is 5. The first-order valence-corrected chi connectivity index (χ1v) is 12.1. The Morgan fingerprint density at radius 3 is 2.49 bits per heavy atom. The second-order valence-corrected chi connectivity index (χ2v) is 8.67. The molecule has 0 saturated carbocycles. The Kier molecular flexibility index (Phi) is 6.92. The van der Waals surface area contributed by atoms with Crippen LogP contribution in [0.5, 0.6) is 34.5 Å². The van der Waals surface area contributed by atoms with Crippen LogP contribution in [-0.2, 0) is 13.1 Å². The standard InChI is InChI=1S/C29H29NO7/c1-5-34-24-8-6-7-9-25(24)37-28-18(2)36-29-20(27(28)31)11-13-22-21(29)16-30(17-35-22)15-19-10-12-23(32-3)26(14-19)33-4/h6-14H,5,15-17H2,1-4H3. The van der Waals surface area contributed by atoms with Crippen molar-refractivity contribution in [2.24, 2.45) is 0 Å². The molecule has 0 fully saturated rings. The summed E-state index contributed by atoms with van der Waals surface area (Å²) >= 11 is 0. The Morgan fingerprint density at radius 1 is 0.946 bits per heavy atom. The number of para-hydroxylation sites is 2. The summed E-state index contributed by atoms with van der Waals surface area (Å²) in [6.45, 7) is 5.69. The molecule has 0 amide bonds. The second kappa shape index (κ2) is 10.4. The molecule has 0 N–H and O–H groups in total. The van der Waals surface area contributed by atoms with Crippen LogP contribution in [0, 0.1) is 6.92 Å². The van der Waals surface area contributed by atoms with Gasteiger partial charge in [-0.2, -0.15) is 0 Å². The summed E-state index contributed by atoms with van der Waals surface area (Å²) in [5, 5.41) is 0.435. The molecule has 4 aromatic rings. The number of nitrogens with zero attached hydrogens (tertiary/aromatic N) is 1. The Balaban J connectivity index is 1.46. The zero-order chi connectivity index (χ0) is 25.9. The van der Waals surface area contributed by atoms with Crippen LogP contribution in [0.1, 0.15) is 23.8 Å². The van der Waals surface area contributed by atoms with Crippen molar-refractivity contribution in [1.82, 2.24) is 4.90 Å². The number of hydrogen-bond donors (Lipinski definition) is 0. The summed E-state index contributed by atoms with van der Waals surface area (Å²) in [5.74, 6) is 3.59. The number of aryl methyl sites for hydroxylation is 1. The van der Waals surface area contributed by atoms with Gasteiger partial charge in [0.15, 0.2) is 23.0 Å². The van der Waals surface area contributed by atoms with E-state index in [0.717, 1.165) is 11.1 Å². The van der Waals surface area contributed by atoms with E-state index < -0.39 is 0 Å². The molecule has 0 radical (unpaired) electrons. The van der Waals surface area contributed by atoms with Gasteiger partial charge in [0.25, 0.3) is 0 Å². The smallest absolute Gasteiger partial charge is 0.235 e. The molecular formula is C29H29NO7. The quantitative estimate of drug-likeness (QED) is 0.305. The lowest BCUT2D eigenvalue weighted by Gasteiger charge is -2.29. The van der Waals surface area contributed by atoms with Crippen molar-refractivity contribution in [2.75, 3.05) is 27.6 Å². The van der Waals surface area contributed by atoms with Crippen molar-refractivity contribution in [1.29, 1.82) is 0 Å². The molecule has 0 saturated heterocycles. The zero-order valence-corrected chi connectivity index (χ0v) is 21.3. The van der Waals surface area contributed by atoms with Crippen LogP contribution in [0.15, 0.2) is 63.8 Å². The lowest BCUT2D eigenvalue weighted by molar-refractivity contribution is 0.0889. The van der Waals surface area contributed by atoms with Gasteiger partial charge >= 0.3 is 0 Å². The zero-order valence-electron chi connectivity index (χ0n) is 21.3. The van der Waals surface area contributed by atoms with Crippen LogP contribution in [0.2, 0.25) is 0 Å². The lowest BCUT2D eigenvalue weighted by atomic mass is 10.1. The minimum atomic E-state index is -0.245. The summed E-state index contributed by atoms with van der Waals surface area (Å²) in [6, 6.07) is 16.6. The maximum atomic E-state index is 13.5. The molecular weight excluding hydrogens is 474 g/mol. The average molecular weight is 504 g/mol. The summed E-state index contributed by atoms with van der Waals surface area (Å²) in [4.78, 5) is 15.6. The Labute approximate surface area is 214 Å². The molecule has 0 aliphatic carbocycles. The molecule has 1 aliphatic rings. The first-order valence-electron chi connectivity index (χ1n) is 12.1. The molecule has 3 aromatic carbocycles. The van der Waals surface area contributed by atoms with E-state index in [2.05, 4.69) is 4.90 Å². The number of rotatable bonds is 8. The molecule has 0 unspecified atom stereocenters. The van der Waals surface area contributed by atoms with Gasteiger partial charge in [0.05, 0.1) is 31.8 Å². The Bertz CT molecular complexity index is 1490. The van der Waals surface area contributed by atoms with E-state index >= 15 is 0 Å². The number of methoxy groups -OCH3 is 2. The van der Waals surface area contributed by atoms with Crippen LogP contribution in [0.4, 0.5) is 0 Å². The fourth-order valence-electron chi connectivity index (χ4n) is 4.48. The first-order chi connectivity index (χ1) is 18.0. The number of fused-ring (bicyclic) bond motifs is 3. The molecule has 0 atom stereocenters. The van der Waals surface area contributed by atoms with Gasteiger partial charge < -0.3 is 28.1 Å². The van der Waals surface area contributed by atoms with Crippen LogP contribution in [0.25, 0.3) is 11.0 Å². The van der Waals surface area contributed by atoms with E-state index in [9.17, 15) is 4.79 Å². The lowest BCUT2D eigenvalue weighted by Crippen LogP contribution is -2.31. The molecule has 1 aliphatic heterocycles. The maximum Gasteiger partial charge on any atom is 0.235 e. The number of benzene rings is 3. The summed E-state index contributed by atoms with van der Waals surface area (Å²) in [5.41, 5.74) is 2.13. The van der Waals surface area contributed by atoms with Crippen LogP contribution in [-0.4, -0.2) is 32.5 Å². The highest BCUT2D eigenvalue weighted by Crippen LogP contribution is 2.37. The highest BCUT2D eigenvalue weighted by Gasteiger charge is 2.25. The highest BCUT2D eigenvalue weighted by molar-refractivity contribution is 5.83. The molecule has 5 rings (SSSR count). The van der Waals surface area contributed by atoms with Crippen LogP contribution in [0.3, 0.4) is 0 Å². The molecule has 2 heterocycles. The van der Waals surface area contributed by atoms with E-state index in [1.165, 1.54) is 0 Å². The normalized spacial score (nSPS) is 13.1. The van der Waals surface area contributed by atoms with E-state index in [1.54, 1.807) is 39.3 Å². The second-order valence-electron chi connectivity index (χ2n) is 8.67. The molecule has 192 valence electrons. The molecule has 37 heavy (non-hydrogen) atoms. The summed E-state index contributed by atoms with van der Waals surface area (Å²) < 4.78 is 34.7. The van der Waals surface area contributed by atoms with Crippen molar-refractivity contribution in [3.05, 3.63) is 81.7 Å². The molecule has 8 heteroatoms. The minimum Gasteiger partial charge on any atom is -0.493 e. The van der Waals surface area contributed by atoms with Gasteiger partial charge in [-0.25, -0.2) is 0 Å². The van der Waals surface area contributed by atoms with Gasteiger partial charge in [0.2, 0.25) is 11.2 Å². The van der Waals surface area contributed by atoms with Crippen molar-refractivity contribution in [2.45, 2.75) is 26.9 Å². The van der Waals surface area contributed by atoms with Gasteiger partial charge in [-0.15, -0.1) is 0 Å². The summed E-state index contributed by atoms with van der Waals surface area (Å²) in [6.07, 6.45) is 0. The van der Waals surface area contributed by atoms with Crippen molar-refractivity contribution >= 4 is 11.0 Å². The van der Waals surface area contributed by atoms with Crippen molar-refractivity contribution in [3.63, 3.8) is 0 Å². The molecule has 0 spiro atoms. The average Bonchev–Trinajstić information content (AvgIpc) is 2.92. The largest absolute Gasteiger partial charge is 0.493 e. The summed E-state index contributed by atoms with van der Waals surface area (Å²) in [7, 11) is 3.23. The third kappa shape index (κ3) is 4.80.